The van der Waals surface area contributed by atoms with Crippen molar-refractivity contribution in [1.29, 1.82) is 0 Å². The van der Waals surface area contributed by atoms with Crippen LogP contribution in [0.15, 0.2) is 11.6 Å². The number of nitrogens with one attached hydrogen (secondary N) is 1. The van der Waals surface area contributed by atoms with Gasteiger partial charge in [-0.2, -0.15) is 0 Å². The number of methoxy groups -OCH3 is 1. The molecule has 1 N–H and O–H groups in total. The van der Waals surface area contributed by atoms with Crippen molar-refractivity contribution in [3.8, 4) is 0 Å². The minimum Gasteiger partial charge on any atom is -0.468 e. The summed E-state index contributed by atoms with van der Waals surface area (Å²) in [5.74, 6) is -0.192. The van der Waals surface area contributed by atoms with E-state index in [1.165, 1.54) is 38.4 Å². The van der Waals surface area contributed by atoms with E-state index in [-0.39, 0.29) is 5.97 Å². The molecule has 3 nitrogen and oxygen atoms in total. The Morgan fingerprint density at radius 2 is 2.43 bits per heavy atom. The van der Waals surface area contributed by atoms with Crippen LogP contribution < -0.4 is 5.32 Å². The van der Waals surface area contributed by atoms with Crippen molar-refractivity contribution in [2.75, 3.05) is 20.2 Å². The van der Waals surface area contributed by atoms with E-state index in [9.17, 15) is 4.79 Å². The summed E-state index contributed by atoms with van der Waals surface area (Å²) >= 11 is 0. The zero-order chi connectivity index (χ0) is 10.2. The Kier molecular flexibility index (Phi) is 5.30. The van der Waals surface area contributed by atoms with E-state index in [1.54, 1.807) is 0 Å². The first kappa shape index (κ1) is 11.2. The number of hydrogen-bond acceptors (Lipinski definition) is 3. The lowest BCUT2D eigenvalue weighted by atomic mass is 9.97. The first-order chi connectivity index (χ1) is 6.83. The summed E-state index contributed by atoms with van der Waals surface area (Å²) in [4.78, 5) is 10.8. The minimum absolute atomic E-state index is 0.192. The molecule has 0 aromatic carbocycles. The SMILES string of the molecule is COC(=O)CNCCC1=CCCCC1. The second kappa shape index (κ2) is 6.60. The summed E-state index contributed by atoms with van der Waals surface area (Å²) in [6.07, 6.45) is 8.52. The van der Waals surface area contributed by atoms with Crippen LogP contribution in [0.1, 0.15) is 32.1 Å². The molecule has 0 aromatic rings. The zero-order valence-corrected chi connectivity index (χ0v) is 8.84. The monoisotopic (exact) mass is 197 g/mol. The molecule has 0 unspecified atom stereocenters. The summed E-state index contributed by atoms with van der Waals surface area (Å²) < 4.78 is 4.53. The van der Waals surface area contributed by atoms with Gasteiger partial charge in [-0.05, 0) is 38.6 Å². The standard InChI is InChI=1S/C11H19NO2/c1-14-11(13)9-12-8-7-10-5-3-2-4-6-10/h5,12H,2-4,6-9H2,1H3. The average molecular weight is 197 g/mol. The van der Waals surface area contributed by atoms with Gasteiger partial charge in [0.25, 0.3) is 0 Å². The van der Waals surface area contributed by atoms with E-state index in [1.807, 2.05) is 0 Å². The molecule has 80 valence electrons. The maximum atomic E-state index is 10.8. The van der Waals surface area contributed by atoms with Gasteiger partial charge in [-0.3, -0.25) is 4.79 Å². The van der Waals surface area contributed by atoms with Gasteiger partial charge in [0.15, 0.2) is 0 Å². The molecule has 0 aliphatic heterocycles. The highest BCUT2D eigenvalue weighted by molar-refractivity contribution is 5.71. The lowest BCUT2D eigenvalue weighted by Crippen LogP contribution is -2.25. The molecule has 1 aliphatic rings. The smallest absolute Gasteiger partial charge is 0.319 e. The Morgan fingerprint density at radius 1 is 1.57 bits per heavy atom. The van der Waals surface area contributed by atoms with Crippen LogP contribution in [0.4, 0.5) is 0 Å². The first-order valence-corrected chi connectivity index (χ1v) is 5.28. The van der Waals surface area contributed by atoms with E-state index >= 15 is 0 Å². The predicted octanol–water partition coefficient (Wildman–Crippen LogP) is 1.64. The fourth-order valence-corrected chi connectivity index (χ4v) is 1.64. The first-order valence-electron chi connectivity index (χ1n) is 5.28. The molecule has 1 rings (SSSR count). The predicted molar refractivity (Wildman–Crippen MR) is 56.1 cm³/mol. The van der Waals surface area contributed by atoms with Crippen LogP contribution >= 0.6 is 0 Å². The average Bonchev–Trinajstić information content (AvgIpc) is 2.25. The Hall–Kier alpha value is -0.830. The number of ether oxygens (including phenoxy) is 1. The lowest BCUT2D eigenvalue weighted by Gasteiger charge is -2.12. The minimum atomic E-state index is -0.192. The van der Waals surface area contributed by atoms with Crippen LogP contribution in [0.25, 0.3) is 0 Å². The maximum absolute atomic E-state index is 10.8. The summed E-state index contributed by atoms with van der Waals surface area (Å²) in [5.41, 5.74) is 1.54. The van der Waals surface area contributed by atoms with Crippen LogP contribution in [0.5, 0.6) is 0 Å². The molecule has 3 heteroatoms. The van der Waals surface area contributed by atoms with Gasteiger partial charge in [0.2, 0.25) is 0 Å². The number of carbonyl (C=O) groups excluding carboxylic acids is 1. The van der Waals surface area contributed by atoms with Crippen molar-refractivity contribution in [3.63, 3.8) is 0 Å². The van der Waals surface area contributed by atoms with Gasteiger partial charge in [-0.25, -0.2) is 0 Å². The topological polar surface area (TPSA) is 38.3 Å². The third kappa shape index (κ3) is 4.42. The molecule has 0 saturated carbocycles. The van der Waals surface area contributed by atoms with Crippen molar-refractivity contribution < 1.29 is 9.53 Å². The fourth-order valence-electron chi connectivity index (χ4n) is 1.64. The van der Waals surface area contributed by atoms with Gasteiger partial charge in [0.05, 0.1) is 13.7 Å². The second-order valence-corrected chi connectivity index (χ2v) is 3.61. The zero-order valence-electron chi connectivity index (χ0n) is 8.84. The molecule has 0 heterocycles. The Labute approximate surface area is 85.5 Å². The van der Waals surface area contributed by atoms with Gasteiger partial charge in [-0.15, -0.1) is 0 Å². The van der Waals surface area contributed by atoms with Crippen LogP contribution in [-0.4, -0.2) is 26.2 Å². The van der Waals surface area contributed by atoms with Gasteiger partial charge >= 0.3 is 5.97 Å². The quantitative estimate of drug-likeness (QED) is 0.413. The van der Waals surface area contributed by atoms with Crippen molar-refractivity contribution in [2.45, 2.75) is 32.1 Å². The molecular formula is C11H19NO2. The molecule has 1 aliphatic carbocycles. The molecular weight excluding hydrogens is 178 g/mol. The van der Waals surface area contributed by atoms with Gasteiger partial charge < -0.3 is 10.1 Å². The van der Waals surface area contributed by atoms with Crippen molar-refractivity contribution in [2.24, 2.45) is 0 Å². The highest BCUT2D eigenvalue weighted by Gasteiger charge is 2.03. The fraction of sp³-hybridized carbons (Fsp3) is 0.727. The van der Waals surface area contributed by atoms with Crippen LogP contribution in [0.2, 0.25) is 0 Å². The maximum Gasteiger partial charge on any atom is 0.319 e. The van der Waals surface area contributed by atoms with E-state index in [2.05, 4.69) is 16.1 Å². The Balaban J connectivity index is 2.03. The van der Waals surface area contributed by atoms with Crippen LogP contribution in [-0.2, 0) is 9.53 Å². The molecule has 0 bridgehead atoms. The van der Waals surface area contributed by atoms with E-state index in [0.29, 0.717) is 6.54 Å². The highest BCUT2D eigenvalue weighted by Crippen LogP contribution is 2.19. The third-order valence-electron chi connectivity index (χ3n) is 2.50. The van der Waals surface area contributed by atoms with Crippen molar-refractivity contribution >= 4 is 5.97 Å². The third-order valence-corrected chi connectivity index (χ3v) is 2.50. The molecule has 14 heavy (non-hydrogen) atoms. The van der Waals surface area contributed by atoms with Crippen LogP contribution in [0, 0.1) is 0 Å². The van der Waals surface area contributed by atoms with Gasteiger partial charge in [0, 0.05) is 0 Å². The highest BCUT2D eigenvalue weighted by atomic mass is 16.5. The molecule has 0 saturated heterocycles. The number of rotatable bonds is 5. The normalized spacial score (nSPS) is 16.2. The number of hydrogen-bond donors (Lipinski definition) is 1. The van der Waals surface area contributed by atoms with E-state index in [0.717, 1.165) is 13.0 Å². The van der Waals surface area contributed by atoms with Crippen LogP contribution in [0.3, 0.4) is 0 Å². The largest absolute Gasteiger partial charge is 0.468 e. The van der Waals surface area contributed by atoms with Gasteiger partial charge in [0.1, 0.15) is 0 Å². The van der Waals surface area contributed by atoms with Gasteiger partial charge in [-0.1, -0.05) is 11.6 Å². The molecule has 0 spiro atoms. The molecule has 0 fully saturated rings. The van der Waals surface area contributed by atoms with Crippen molar-refractivity contribution in [3.05, 3.63) is 11.6 Å². The molecule has 0 radical (unpaired) electrons. The molecule has 0 atom stereocenters. The summed E-state index contributed by atoms with van der Waals surface area (Å²) in [5, 5.41) is 3.07. The summed E-state index contributed by atoms with van der Waals surface area (Å²) in [6, 6.07) is 0. The van der Waals surface area contributed by atoms with Crippen molar-refractivity contribution in [1.82, 2.24) is 5.32 Å². The molecule has 0 amide bonds. The second-order valence-electron chi connectivity index (χ2n) is 3.61. The van der Waals surface area contributed by atoms with E-state index in [4.69, 9.17) is 0 Å². The Morgan fingerprint density at radius 3 is 3.07 bits per heavy atom. The van der Waals surface area contributed by atoms with E-state index < -0.39 is 0 Å². The summed E-state index contributed by atoms with van der Waals surface area (Å²) in [6.45, 7) is 1.20. The number of carbonyl (C=O) groups is 1. The number of allylic oxidation sites excluding steroid dienone is 1. The molecule has 0 aromatic heterocycles. The summed E-state index contributed by atoms with van der Waals surface area (Å²) in [7, 11) is 1.41. The lowest BCUT2D eigenvalue weighted by molar-refractivity contribution is -0.139. The Bertz CT molecular complexity index is 211. The number of esters is 1.